The molecule has 0 fully saturated rings. The summed E-state index contributed by atoms with van der Waals surface area (Å²) in [4.78, 5) is 4.29. The summed E-state index contributed by atoms with van der Waals surface area (Å²) in [6.07, 6.45) is 0.443. The van der Waals surface area contributed by atoms with E-state index in [2.05, 4.69) is 42.8 Å². The summed E-state index contributed by atoms with van der Waals surface area (Å²) in [5, 5.41) is 12.4. The van der Waals surface area contributed by atoms with E-state index in [1.54, 1.807) is 6.21 Å². The molecule has 0 spiro atoms. The third-order valence-electron chi connectivity index (χ3n) is 5.81. The van der Waals surface area contributed by atoms with Gasteiger partial charge in [0, 0.05) is 5.56 Å². The fourth-order valence-corrected chi connectivity index (χ4v) is 4.30. The highest BCUT2D eigenvalue weighted by Crippen LogP contribution is 2.30. The fraction of sp³-hybridized carbons (Fsp3) is 0.154. The minimum Gasteiger partial charge on any atom is -0.406 e. The van der Waals surface area contributed by atoms with Crippen LogP contribution in [0.2, 0.25) is 0 Å². The number of halogens is 3. The third-order valence-corrected chi connectivity index (χ3v) is 6.02. The molecule has 7 nitrogen and oxygen atoms in total. The Morgan fingerprint density at radius 2 is 1.81 bits per heavy atom. The number of nitrogens with zero attached hydrogens (tertiary/aromatic N) is 4. The largest absolute Gasteiger partial charge is 0.573 e. The van der Waals surface area contributed by atoms with Crippen LogP contribution >= 0.6 is 12.2 Å². The van der Waals surface area contributed by atoms with Gasteiger partial charge in [-0.2, -0.15) is 5.10 Å². The minimum atomic E-state index is -4.74. The minimum absolute atomic E-state index is 0.184. The van der Waals surface area contributed by atoms with E-state index in [0.29, 0.717) is 16.6 Å². The van der Waals surface area contributed by atoms with Crippen LogP contribution in [0.3, 0.4) is 0 Å². The van der Waals surface area contributed by atoms with Gasteiger partial charge in [0.05, 0.1) is 17.9 Å². The number of alkyl halides is 3. The Bertz CT molecular complexity index is 1420. The van der Waals surface area contributed by atoms with E-state index in [1.807, 2.05) is 36.4 Å². The van der Waals surface area contributed by atoms with Crippen LogP contribution in [0.4, 0.5) is 13.2 Å². The van der Waals surface area contributed by atoms with Crippen LogP contribution in [-0.4, -0.2) is 32.5 Å². The molecule has 0 radical (unpaired) electrons. The zero-order valence-corrected chi connectivity index (χ0v) is 20.1. The van der Waals surface area contributed by atoms with Crippen LogP contribution in [0.1, 0.15) is 29.2 Å². The Hall–Kier alpha value is -4.25. The number of rotatable bonds is 6. The Morgan fingerprint density at radius 3 is 2.57 bits per heavy atom. The molecular formula is C26H21F3N6OS. The second-order valence-electron chi connectivity index (χ2n) is 8.31. The van der Waals surface area contributed by atoms with Crippen LogP contribution in [0.15, 0.2) is 84.2 Å². The maximum absolute atomic E-state index is 12.3. The number of thiocarbonyl (C=S) groups is 1. The van der Waals surface area contributed by atoms with E-state index in [-0.39, 0.29) is 11.8 Å². The second kappa shape index (κ2) is 10.4. The zero-order valence-electron chi connectivity index (χ0n) is 19.3. The Labute approximate surface area is 216 Å². The Balaban J connectivity index is 1.16. The Kier molecular flexibility index (Phi) is 6.87. The number of hydrogen-bond donors (Lipinski definition) is 2. The highest BCUT2D eigenvalue weighted by molar-refractivity contribution is 7.80. The lowest BCUT2D eigenvalue weighted by Gasteiger charge is -2.15. The van der Waals surface area contributed by atoms with Gasteiger partial charge in [-0.15, -0.1) is 18.3 Å². The number of hydrogen-bond acceptors (Lipinski definition) is 5. The highest BCUT2D eigenvalue weighted by Gasteiger charge is 2.31. The summed E-state index contributed by atoms with van der Waals surface area (Å²) in [6, 6.07) is 21.4. The van der Waals surface area contributed by atoms with E-state index >= 15 is 0 Å². The quantitative estimate of drug-likeness (QED) is 0.203. The van der Waals surface area contributed by atoms with E-state index < -0.39 is 6.36 Å². The van der Waals surface area contributed by atoms with Crippen molar-refractivity contribution < 1.29 is 17.9 Å². The predicted octanol–water partition coefficient (Wildman–Crippen LogP) is 5.32. The number of aromatic nitrogens is 3. The molecule has 1 aliphatic carbocycles. The summed E-state index contributed by atoms with van der Waals surface area (Å²) in [5.41, 5.74) is 7.66. The Morgan fingerprint density at radius 1 is 1.05 bits per heavy atom. The number of benzene rings is 3. The molecule has 0 aliphatic heterocycles. The molecule has 1 unspecified atom stereocenters. The van der Waals surface area contributed by atoms with Gasteiger partial charge in [0.2, 0.25) is 0 Å². The number of aryl methyl sites for hydroxylation is 1. The summed E-state index contributed by atoms with van der Waals surface area (Å²) in [6.45, 7) is 0. The fourth-order valence-electron chi connectivity index (χ4n) is 4.10. The second-order valence-corrected chi connectivity index (χ2v) is 8.72. The number of ether oxygens (including phenoxy) is 1. The maximum atomic E-state index is 12.3. The van der Waals surface area contributed by atoms with Crippen molar-refractivity contribution in [3.8, 4) is 22.8 Å². The molecule has 0 saturated heterocycles. The van der Waals surface area contributed by atoms with E-state index in [4.69, 9.17) is 12.2 Å². The van der Waals surface area contributed by atoms with Crippen LogP contribution in [0.5, 0.6) is 5.75 Å². The van der Waals surface area contributed by atoms with Gasteiger partial charge in [-0.05, 0) is 66.0 Å². The van der Waals surface area contributed by atoms with Crippen molar-refractivity contribution in [1.29, 1.82) is 0 Å². The van der Waals surface area contributed by atoms with Gasteiger partial charge in [0.1, 0.15) is 12.1 Å². The van der Waals surface area contributed by atoms with Crippen molar-refractivity contribution in [2.45, 2.75) is 25.2 Å². The van der Waals surface area contributed by atoms with E-state index in [0.717, 1.165) is 24.0 Å². The highest BCUT2D eigenvalue weighted by atomic mass is 32.1. The van der Waals surface area contributed by atoms with Gasteiger partial charge in [-0.25, -0.2) is 9.67 Å². The van der Waals surface area contributed by atoms with Gasteiger partial charge in [-0.3, -0.25) is 5.43 Å². The average Bonchev–Trinajstić information content (AvgIpc) is 3.52. The molecule has 1 atom stereocenters. The molecule has 11 heteroatoms. The normalized spacial score (nSPS) is 14.9. The molecule has 2 N–H and O–H groups in total. The van der Waals surface area contributed by atoms with Gasteiger partial charge in [0.15, 0.2) is 10.9 Å². The lowest BCUT2D eigenvalue weighted by molar-refractivity contribution is -0.274. The number of hydrazone groups is 1. The van der Waals surface area contributed by atoms with Crippen molar-refractivity contribution >= 4 is 23.5 Å². The van der Waals surface area contributed by atoms with Crippen molar-refractivity contribution in [1.82, 2.24) is 25.5 Å². The summed E-state index contributed by atoms with van der Waals surface area (Å²) < 4.78 is 42.4. The molecule has 37 heavy (non-hydrogen) atoms. The van der Waals surface area contributed by atoms with Crippen LogP contribution in [0, 0.1) is 0 Å². The average molecular weight is 523 g/mol. The first kappa shape index (κ1) is 24.4. The van der Waals surface area contributed by atoms with E-state index in [1.165, 1.54) is 46.4 Å². The molecule has 5 rings (SSSR count). The molecule has 1 aliphatic rings. The SMILES string of the molecule is FC(F)(F)Oc1ccc(-n2cnc(-c3ccc(C=NNC(=S)NC4CCc5ccccc54)cc3)n2)cc1. The lowest BCUT2D eigenvalue weighted by Crippen LogP contribution is -2.34. The lowest BCUT2D eigenvalue weighted by atomic mass is 10.1. The molecular weight excluding hydrogens is 501 g/mol. The zero-order chi connectivity index (χ0) is 25.8. The monoisotopic (exact) mass is 522 g/mol. The van der Waals surface area contributed by atoms with E-state index in [9.17, 15) is 13.2 Å². The molecule has 0 amide bonds. The molecule has 188 valence electrons. The molecule has 0 saturated carbocycles. The molecule has 3 aromatic carbocycles. The van der Waals surface area contributed by atoms with Crippen LogP contribution in [0.25, 0.3) is 17.1 Å². The van der Waals surface area contributed by atoms with Crippen LogP contribution in [-0.2, 0) is 6.42 Å². The molecule has 0 bridgehead atoms. The van der Waals surface area contributed by atoms with Gasteiger partial charge in [0.25, 0.3) is 0 Å². The van der Waals surface area contributed by atoms with Crippen molar-refractivity contribution in [3.63, 3.8) is 0 Å². The summed E-state index contributed by atoms with van der Waals surface area (Å²) in [5.74, 6) is 0.170. The first-order chi connectivity index (χ1) is 17.8. The standard InChI is InChI=1S/C26H21F3N6OS/c27-26(28,29)36-21-12-10-20(11-13-21)35-16-30-24(34-35)19-7-5-17(6-8-19)15-31-33-25(37)32-23-14-9-18-3-1-2-4-22(18)23/h1-8,10-13,15-16,23H,9,14H2,(H2,32,33,37). The van der Waals surface area contributed by atoms with Crippen LogP contribution < -0.4 is 15.5 Å². The number of fused-ring (bicyclic) bond motifs is 1. The molecule has 1 heterocycles. The summed E-state index contributed by atoms with van der Waals surface area (Å²) in [7, 11) is 0. The van der Waals surface area contributed by atoms with Crippen molar-refractivity contribution in [3.05, 3.63) is 95.8 Å². The predicted molar refractivity (Wildman–Crippen MR) is 137 cm³/mol. The number of nitrogens with one attached hydrogen (secondary N) is 2. The topological polar surface area (TPSA) is 76.4 Å². The van der Waals surface area contributed by atoms with Gasteiger partial charge >= 0.3 is 6.36 Å². The van der Waals surface area contributed by atoms with Gasteiger partial charge < -0.3 is 10.1 Å². The molecule has 1 aromatic heterocycles. The van der Waals surface area contributed by atoms with Crippen molar-refractivity contribution in [2.24, 2.45) is 5.10 Å². The van der Waals surface area contributed by atoms with Crippen molar-refractivity contribution in [2.75, 3.05) is 0 Å². The third kappa shape index (κ3) is 6.12. The summed E-state index contributed by atoms with van der Waals surface area (Å²) >= 11 is 5.38. The first-order valence-electron chi connectivity index (χ1n) is 11.4. The first-order valence-corrected chi connectivity index (χ1v) is 11.8. The van der Waals surface area contributed by atoms with Gasteiger partial charge in [-0.1, -0.05) is 48.5 Å². The maximum Gasteiger partial charge on any atom is 0.573 e. The molecule has 4 aromatic rings. The smallest absolute Gasteiger partial charge is 0.406 e.